The molecule has 4 nitrogen and oxygen atoms in total. The smallest absolute Gasteiger partial charge is 0.186 e. The number of hydrogen-bond donors (Lipinski definition) is 2. The van der Waals surface area contributed by atoms with E-state index in [0.717, 1.165) is 39.0 Å². The average Bonchev–Trinajstić information content (AvgIpc) is 2.82. The summed E-state index contributed by atoms with van der Waals surface area (Å²) in [7, 11) is 0. The number of nitrogens with one attached hydrogen (secondary N) is 1. The molecule has 0 radical (unpaired) electrons. The number of phenols is 1. The van der Waals surface area contributed by atoms with Crippen LogP contribution in [0.3, 0.4) is 0 Å². The molecule has 4 heteroatoms. The Morgan fingerprint density at radius 2 is 1.44 bits per heavy atom. The maximum absolute atomic E-state index is 12.6. The van der Waals surface area contributed by atoms with Crippen molar-refractivity contribution in [2.45, 2.75) is 0 Å². The van der Waals surface area contributed by atoms with Crippen molar-refractivity contribution < 1.29 is 5.11 Å². The van der Waals surface area contributed by atoms with Crippen molar-refractivity contribution in [2.24, 2.45) is 4.99 Å². The number of rotatable bonds is 3. The van der Waals surface area contributed by atoms with Crippen LogP contribution in [0.1, 0.15) is 0 Å². The minimum absolute atomic E-state index is 0.0330. The molecule has 0 aliphatic heterocycles. The largest absolute Gasteiger partial charge is 0.507 e. The summed E-state index contributed by atoms with van der Waals surface area (Å²) in [4.78, 5) is 17.4. The Labute approximate surface area is 183 Å². The van der Waals surface area contributed by atoms with Gasteiger partial charge >= 0.3 is 0 Å². The first-order valence-electron chi connectivity index (χ1n) is 10.4. The average molecular weight is 414 g/mol. The lowest BCUT2D eigenvalue weighted by Crippen LogP contribution is -2.10. The molecule has 0 amide bonds. The Morgan fingerprint density at radius 3 is 2.22 bits per heavy atom. The zero-order valence-corrected chi connectivity index (χ0v) is 17.0. The Morgan fingerprint density at radius 1 is 0.719 bits per heavy atom. The van der Waals surface area contributed by atoms with Crippen LogP contribution in [-0.2, 0) is 0 Å². The molecule has 0 atom stereocenters. The van der Waals surface area contributed by atoms with E-state index in [9.17, 15) is 9.90 Å². The Kier molecular flexibility index (Phi) is 4.05. The van der Waals surface area contributed by atoms with E-state index in [1.165, 1.54) is 0 Å². The van der Waals surface area contributed by atoms with Gasteiger partial charge in [-0.3, -0.25) is 4.79 Å². The third kappa shape index (κ3) is 2.85. The van der Waals surface area contributed by atoms with Crippen LogP contribution in [0, 0.1) is 0 Å². The molecule has 0 aromatic heterocycles. The fourth-order valence-corrected chi connectivity index (χ4v) is 4.45. The summed E-state index contributed by atoms with van der Waals surface area (Å²) in [5.41, 5.74) is 4.23. The Hall–Kier alpha value is -4.44. The fourth-order valence-electron chi connectivity index (χ4n) is 4.45. The number of para-hydroxylation sites is 2. The number of nitrogens with zero attached hydrogens (tertiary/aromatic N) is 1. The summed E-state index contributed by atoms with van der Waals surface area (Å²) < 4.78 is 0. The monoisotopic (exact) mass is 414 g/mol. The number of hydrogen-bond acceptors (Lipinski definition) is 4. The summed E-state index contributed by atoms with van der Waals surface area (Å²) in [6, 6.07) is 30.4. The second-order valence-electron chi connectivity index (χ2n) is 7.85. The molecule has 6 rings (SSSR count). The predicted molar refractivity (Wildman–Crippen MR) is 130 cm³/mol. The first kappa shape index (κ1) is 18.3. The maximum Gasteiger partial charge on any atom is 0.186 e. The van der Waals surface area contributed by atoms with Gasteiger partial charge in [0, 0.05) is 33.5 Å². The second-order valence-corrected chi connectivity index (χ2v) is 7.85. The first-order chi connectivity index (χ1) is 15.7. The molecule has 0 heterocycles. The molecule has 152 valence electrons. The normalized spacial score (nSPS) is 12.2. The number of anilines is 2. The van der Waals surface area contributed by atoms with Crippen LogP contribution in [-0.4, -0.2) is 5.11 Å². The maximum atomic E-state index is 12.6. The summed E-state index contributed by atoms with van der Waals surface area (Å²) in [5.74, 6) is 0.122. The topological polar surface area (TPSA) is 61.7 Å². The third-order valence-corrected chi connectivity index (χ3v) is 5.86. The van der Waals surface area contributed by atoms with Crippen LogP contribution in [0.2, 0.25) is 0 Å². The number of phenolic OH excluding ortho intramolecular Hbond substituents is 1. The van der Waals surface area contributed by atoms with E-state index in [1.807, 2.05) is 84.9 Å². The molecular formula is C28H18N2O2. The van der Waals surface area contributed by atoms with Crippen LogP contribution in [0.15, 0.2) is 107 Å². The predicted octanol–water partition coefficient (Wildman–Crippen LogP) is 6.02. The minimum Gasteiger partial charge on any atom is -0.507 e. The molecule has 2 aliphatic carbocycles. The van der Waals surface area contributed by atoms with Gasteiger partial charge < -0.3 is 10.4 Å². The highest BCUT2D eigenvalue weighted by Crippen LogP contribution is 2.43. The van der Waals surface area contributed by atoms with Gasteiger partial charge in [0.15, 0.2) is 5.43 Å². The lowest BCUT2D eigenvalue weighted by molar-refractivity contribution is 0.481. The molecule has 2 N–H and O–H groups in total. The molecule has 0 spiro atoms. The Bertz CT molecular complexity index is 1660. The highest BCUT2D eigenvalue weighted by molar-refractivity contribution is 6.20. The quantitative estimate of drug-likeness (QED) is 0.348. The fraction of sp³-hybridized carbons (Fsp3) is 0. The van der Waals surface area contributed by atoms with E-state index < -0.39 is 0 Å². The van der Waals surface area contributed by atoms with Gasteiger partial charge in [-0.15, -0.1) is 0 Å². The first-order valence-corrected chi connectivity index (χ1v) is 10.4. The van der Waals surface area contributed by atoms with Crippen LogP contribution >= 0.6 is 0 Å². The SMILES string of the molecule is O=c1ccc2cc(=Nc3ccccc3)c3c(O)cc(Nc4ccccc4)c4ccc1c-2c43. The van der Waals surface area contributed by atoms with Crippen LogP contribution < -0.4 is 16.1 Å². The highest BCUT2D eigenvalue weighted by atomic mass is 16.3. The van der Waals surface area contributed by atoms with E-state index in [2.05, 4.69) is 5.32 Å². The number of benzene rings is 6. The van der Waals surface area contributed by atoms with E-state index in [1.54, 1.807) is 12.1 Å². The van der Waals surface area contributed by atoms with Crippen molar-refractivity contribution >= 4 is 38.6 Å². The van der Waals surface area contributed by atoms with Crippen molar-refractivity contribution in [3.8, 4) is 16.9 Å². The second kappa shape index (κ2) is 7.06. The molecule has 0 bridgehead atoms. The summed E-state index contributed by atoms with van der Waals surface area (Å²) >= 11 is 0. The molecule has 0 fully saturated rings. The van der Waals surface area contributed by atoms with E-state index in [4.69, 9.17) is 4.99 Å². The Balaban J connectivity index is 1.76. The zero-order chi connectivity index (χ0) is 21.7. The van der Waals surface area contributed by atoms with Gasteiger partial charge in [0.1, 0.15) is 5.75 Å². The molecule has 0 saturated carbocycles. The van der Waals surface area contributed by atoms with Crippen molar-refractivity contribution in [3.63, 3.8) is 0 Å². The van der Waals surface area contributed by atoms with Gasteiger partial charge in [0.25, 0.3) is 0 Å². The molecule has 4 aromatic carbocycles. The standard InChI is InChI=1S/C28H18N2O2/c31-24-14-11-17-15-23(30-19-9-5-2-6-10-19)28-25(32)16-22(29-18-7-3-1-4-8-18)20-12-13-21(24)26(17)27(20)28/h1-16,29,32H. The van der Waals surface area contributed by atoms with E-state index >= 15 is 0 Å². The van der Waals surface area contributed by atoms with E-state index in [0.29, 0.717) is 16.1 Å². The van der Waals surface area contributed by atoms with Gasteiger partial charge in [0.2, 0.25) is 0 Å². The zero-order valence-electron chi connectivity index (χ0n) is 17.0. The highest BCUT2D eigenvalue weighted by Gasteiger charge is 2.21. The third-order valence-electron chi connectivity index (χ3n) is 5.86. The van der Waals surface area contributed by atoms with E-state index in [-0.39, 0.29) is 11.2 Å². The molecule has 2 aliphatic rings. The molecule has 4 aromatic rings. The van der Waals surface area contributed by atoms with Gasteiger partial charge in [-0.1, -0.05) is 48.5 Å². The summed E-state index contributed by atoms with van der Waals surface area (Å²) in [6.07, 6.45) is 0. The van der Waals surface area contributed by atoms with Crippen molar-refractivity contribution in [1.82, 2.24) is 0 Å². The number of aromatic hydroxyl groups is 1. The van der Waals surface area contributed by atoms with Crippen molar-refractivity contribution in [3.05, 3.63) is 113 Å². The van der Waals surface area contributed by atoms with Crippen LogP contribution in [0.25, 0.3) is 32.7 Å². The summed E-state index contributed by atoms with van der Waals surface area (Å²) in [5, 5.41) is 18.3. The van der Waals surface area contributed by atoms with Crippen LogP contribution in [0.5, 0.6) is 5.75 Å². The lowest BCUT2D eigenvalue weighted by Gasteiger charge is -2.19. The molecule has 32 heavy (non-hydrogen) atoms. The molecule has 0 unspecified atom stereocenters. The van der Waals surface area contributed by atoms with Gasteiger partial charge in [-0.25, -0.2) is 4.99 Å². The van der Waals surface area contributed by atoms with Gasteiger partial charge in [-0.05, 0) is 48.0 Å². The van der Waals surface area contributed by atoms with Gasteiger partial charge in [-0.2, -0.15) is 0 Å². The van der Waals surface area contributed by atoms with Crippen LogP contribution in [0.4, 0.5) is 17.1 Å². The van der Waals surface area contributed by atoms with Crippen molar-refractivity contribution in [2.75, 3.05) is 5.32 Å². The summed E-state index contributed by atoms with van der Waals surface area (Å²) in [6.45, 7) is 0. The van der Waals surface area contributed by atoms with Gasteiger partial charge in [0.05, 0.1) is 22.1 Å². The molecule has 0 saturated heterocycles. The lowest BCUT2D eigenvalue weighted by atomic mass is 9.87. The molecular weight excluding hydrogens is 396 g/mol. The van der Waals surface area contributed by atoms with Crippen molar-refractivity contribution in [1.29, 1.82) is 0 Å². The minimum atomic E-state index is -0.0330.